The maximum Gasteiger partial charge on any atom is 0.195 e. The van der Waals surface area contributed by atoms with Crippen molar-refractivity contribution in [3.05, 3.63) is 50.0 Å². The fourth-order valence-electron chi connectivity index (χ4n) is 2.45. The van der Waals surface area contributed by atoms with Gasteiger partial charge < -0.3 is 4.74 Å². The van der Waals surface area contributed by atoms with Crippen LogP contribution in [0, 0.1) is 0 Å². The number of hydrogen-bond acceptors (Lipinski definition) is 3. The number of hydrogen-bond donors (Lipinski definition) is 0. The quantitative estimate of drug-likeness (QED) is 0.729. The Kier molecular flexibility index (Phi) is 4.10. The van der Waals surface area contributed by atoms with Crippen LogP contribution < -0.4 is 5.43 Å². The summed E-state index contributed by atoms with van der Waals surface area (Å²) < 4.78 is 6.75. The topological polar surface area (TPSA) is 26.3 Å². The molecule has 2 aromatic rings. The van der Waals surface area contributed by atoms with E-state index in [-0.39, 0.29) is 5.43 Å². The summed E-state index contributed by atoms with van der Waals surface area (Å²) in [6, 6.07) is 7.53. The molecule has 1 atom stereocenters. The van der Waals surface area contributed by atoms with Gasteiger partial charge in [-0.1, -0.05) is 42.3 Å². The largest absolute Gasteiger partial charge is 0.354 e. The van der Waals surface area contributed by atoms with Gasteiger partial charge in [-0.15, -0.1) is 11.3 Å². The Balaban J connectivity index is 2.28. The summed E-state index contributed by atoms with van der Waals surface area (Å²) in [6.07, 6.45) is 2.96. The molecule has 0 fully saturated rings. The van der Waals surface area contributed by atoms with Gasteiger partial charge in [0, 0.05) is 33.7 Å². The number of rotatable bonds is 3. The number of fused-ring (bicyclic) bond motifs is 2. The summed E-state index contributed by atoms with van der Waals surface area (Å²) in [6.45, 7) is 2.55. The minimum absolute atomic E-state index is 0.0395. The van der Waals surface area contributed by atoms with Gasteiger partial charge in [-0.25, -0.2) is 0 Å². The Morgan fingerprint density at radius 3 is 2.90 bits per heavy atom. The first-order valence-corrected chi connectivity index (χ1v) is 8.37. The number of ether oxygens (including phenoxy) is 1. The molecule has 0 saturated heterocycles. The van der Waals surface area contributed by atoms with Crippen LogP contribution in [0.5, 0.6) is 0 Å². The molecule has 0 aliphatic heterocycles. The third-order valence-electron chi connectivity index (χ3n) is 3.40. The summed E-state index contributed by atoms with van der Waals surface area (Å²) in [4.78, 5) is 13.4. The van der Waals surface area contributed by atoms with Gasteiger partial charge in [0.25, 0.3) is 0 Å². The Morgan fingerprint density at radius 2 is 2.14 bits per heavy atom. The van der Waals surface area contributed by atoms with Crippen molar-refractivity contribution in [3.8, 4) is 0 Å². The highest BCUT2D eigenvalue weighted by Gasteiger charge is 2.38. The van der Waals surface area contributed by atoms with Crippen molar-refractivity contribution in [3.63, 3.8) is 0 Å². The van der Waals surface area contributed by atoms with Crippen LogP contribution in [-0.4, -0.2) is 6.61 Å². The predicted molar refractivity (Wildman–Crippen MR) is 90.3 cm³/mol. The van der Waals surface area contributed by atoms with Crippen molar-refractivity contribution in [2.45, 2.75) is 24.8 Å². The van der Waals surface area contributed by atoms with Gasteiger partial charge in [0.1, 0.15) is 0 Å². The van der Waals surface area contributed by atoms with Crippen LogP contribution in [0.1, 0.15) is 30.2 Å². The molecule has 5 heteroatoms. The highest BCUT2D eigenvalue weighted by molar-refractivity contribution is 7.19. The molecule has 1 aliphatic rings. The maximum absolute atomic E-state index is 12.7. The van der Waals surface area contributed by atoms with Crippen molar-refractivity contribution in [2.24, 2.45) is 0 Å². The van der Waals surface area contributed by atoms with Crippen LogP contribution in [0.15, 0.2) is 34.1 Å². The van der Waals surface area contributed by atoms with Crippen LogP contribution in [-0.2, 0) is 9.80 Å². The third kappa shape index (κ3) is 2.64. The molecule has 2 nitrogen and oxygen atoms in total. The van der Waals surface area contributed by atoms with Crippen molar-refractivity contribution >= 4 is 50.7 Å². The minimum Gasteiger partial charge on any atom is -0.354 e. The second-order valence-electron chi connectivity index (χ2n) is 5.02. The van der Waals surface area contributed by atoms with Gasteiger partial charge in [0.2, 0.25) is 0 Å². The number of halogens is 2. The summed E-state index contributed by atoms with van der Waals surface area (Å²) in [7, 11) is 0. The number of benzene rings is 1. The van der Waals surface area contributed by atoms with E-state index in [4.69, 9.17) is 27.9 Å². The van der Waals surface area contributed by atoms with E-state index in [0.29, 0.717) is 29.0 Å². The molecule has 1 unspecified atom stereocenters. The fraction of sp³-hybridized carbons (Fsp3) is 0.312. The Hall–Kier alpha value is -0.870. The highest BCUT2D eigenvalue weighted by atomic mass is 35.5. The van der Waals surface area contributed by atoms with E-state index in [0.717, 1.165) is 16.0 Å². The summed E-state index contributed by atoms with van der Waals surface area (Å²) >= 11 is 14.4. The second-order valence-corrected chi connectivity index (χ2v) is 7.16. The first kappa shape index (κ1) is 15.0. The second kappa shape index (κ2) is 5.73. The summed E-state index contributed by atoms with van der Waals surface area (Å²) in [5.41, 5.74) is 0.517. The van der Waals surface area contributed by atoms with E-state index in [9.17, 15) is 4.79 Å². The van der Waals surface area contributed by atoms with Crippen molar-refractivity contribution < 1.29 is 4.74 Å². The molecule has 1 aliphatic carbocycles. The smallest absolute Gasteiger partial charge is 0.195 e. The molecule has 0 bridgehead atoms. The lowest BCUT2D eigenvalue weighted by atomic mass is 10.0. The first-order valence-electron chi connectivity index (χ1n) is 6.80. The van der Waals surface area contributed by atoms with Crippen molar-refractivity contribution in [1.82, 2.24) is 0 Å². The van der Waals surface area contributed by atoms with E-state index in [2.05, 4.69) is 0 Å². The van der Waals surface area contributed by atoms with E-state index in [1.807, 2.05) is 31.2 Å². The lowest BCUT2D eigenvalue weighted by Crippen LogP contribution is -2.29. The lowest BCUT2D eigenvalue weighted by Gasteiger charge is -2.31. The SMILES string of the molecule is CCCOC1(Cl)CC(Cl)=Cc2c1sc1ccccc1c2=O. The molecule has 1 aromatic carbocycles. The van der Waals surface area contributed by atoms with E-state index in [1.165, 1.54) is 11.3 Å². The van der Waals surface area contributed by atoms with Gasteiger partial charge in [0.05, 0.1) is 4.88 Å². The average Bonchev–Trinajstić information content (AvgIpc) is 2.47. The van der Waals surface area contributed by atoms with Gasteiger partial charge >= 0.3 is 0 Å². The van der Waals surface area contributed by atoms with Gasteiger partial charge in [-0.2, -0.15) is 0 Å². The highest BCUT2D eigenvalue weighted by Crippen LogP contribution is 2.46. The van der Waals surface area contributed by atoms with Crippen LogP contribution in [0.3, 0.4) is 0 Å². The van der Waals surface area contributed by atoms with E-state index >= 15 is 0 Å². The fourth-order valence-corrected chi connectivity index (χ4v) is 4.44. The Bertz CT molecular complexity index is 781. The molecule has 0 spiro atoms. The van der Waals surface area contributed by atoms with E-state index < -0.39 is 5.06 Å². The van der Waals surface area contributed by atoms with Crippen molar-refractivity contribution in [1.29, 1.82) is 0 Å². The molecule has 21 heavy (non-hydrogen) atoms. The number of alkyl halides is 1. The molecule has 1 heterocycles. The Labute approximate surface area is 137 Å². The molecule has 110 valence electrons. The molecule has 0 radical (unpaired) electrons. The zero-order valence-corrected chi connectivity index (χ0v) is 13.8. The maximum atomic E-state index is 12.7. The molecule has 3 rings (SSSR count). The van der Waals surface area contributed by atoms with Gasteiger partial charge in [-0.05, 0) is 24.6 Å². The normalized spacial score (nSPS) is 21.2. The van der Waals surface area contributed by atoms with Gasteiger partial charge in [0.15, 0.2) is 10.5 Å². The van der Waals surface area contributed by atoms with Crippen LogP contribution in [0.2, 0.25) is 0 Å². The van der Waals surface area contributed by atoms with Crippen LogP contribution in [0.25, 0.3) is 16.2 Å². The van der Waals surface area contributed by atoms with Crippen LogP contribution >= 0.6 is 34.5 Å². The van der Waals surface area contributed by atoms with Crippen molar-refractivity contribution in [2.75, 3.05) is 6.61 Å². The zero-order valence-electron chi connectivity index (χ0n) is 11.5. The average molecular weight is 341 g/mol. The minimum atomic E-state index is -1.04. The van der Waals surface area contributed by atoms with Gasteiger partial charge in [-0.3, -0.25) is 4.79 Å². The first-order chi connectivity index (χ1) is 10.0. The molecule has 0 amide bonds. The zero-order chi connectivity index (χ0) is 15.0. The molecule has 0 saturated carbocycles. The predicted octanol–water partition coefficient (Wildman–Crippen LogP) is 5.06. The standard InChI is InChI=1S/C16H14Cl2O2S/c1-2-7-20-16(18)9-10(17)8-12-14(19)11-5-3-4-6-13(11)21-15(12)16/h3-6,8H,2,7,9H2,1H3. The molecular weight excluding hydrogens is 327 g/mol. The summed E-state index contributed by atoms with van der Waals surface area (Å²) in [5, 5.41) is 0.206. The molecule has 1 aromatic heterocycles. The molecule has 0 N–H and O–H groups in total. The lowest BCUT2D eigenvalue weighted by molar-refractivity contribution is 0.0195. The van der Waals surface area contributed by atoms with E-state index in [1.54, 1.807) is 6.08 Å². The summed E-state index contributed by atoms with van der Waals surface area (Å²) in [5.74, 6) is 0. The van der Waals surface area contributed by atoms with Crippen LogP contribution in [0.4, 0.5) is 0 Å². The molecular formula is C16H14Cl2O2S. The monoisotopic (exact) mass is 340 g/mol. The third-order valence-corrected chi connectivity index (χ3v) is 5.52. The Morgan fingerprint density at radius 1 is 1.38 bits per heavy atom.